The van der Waals surface area contributed by atoms with Crippen molar-refractivity contribution in [3.63, 3.8) is 0 Å². The molecule has 4 rings (SSSR count). The molecule has 2 aromatic carbocycles. The first-order valence-electron chi connectivity index (χ1n) is 7.51. The molecule has 0 aromatic heterocycles. The number of nitrogens with one attached hydrogen (secondary N) is 1. The molecule has 0 radical (unpaired) electrons. The molecule has 0 amide bonds. The highest BCUT2D eigenvalue weighted by Crippen LogP contribution is 2.42. The number of rotatable bonds is 2. The Labute approximate surface area is 121 Å². The van der Waals surface area contributed by atoms with Gasteiger partial charge in [0.25, 0.3) is 7.55 Å². The lowest BCUT2D eigenvalue weighted by molar-refractivity contribution is 0.319. The summed E-state index contributed by atoms with van der Waals surface area (Å²) < 4.78 is 0. The van der Waals surface area contributed by atoms with Gasteiger partial charge in [-0.15, -0.1) is 0 Å². The van der Waals surface area contributed by atoms with Gasteiger partial charge in [-0.2, -0.15) is 0 Å². The lowest BCUT2D eigenvalue weighted by atomic mass is 9.77. The Kier molecular flexibility index (Phi) is 2.90. The quantitative estimate of drug-likeness (QED) is 0.835. The van der Waals surface area contributed by atoms with Gasteiger partial charge >= 0.3 is 0 Å². The summed E-state index contributed by atoms with van der Waals surface area (Å²) in [6.07, 6.45) is 2.59. The highest BCUT2D eigenvalue weighted by Gasteiger charge is 2.51. The highest BCUT2D eigenvalue weighted by molar-refractivity contribution is 6.30. The van der Waals surface area contributed by atoms with Crippen LogP contribution in [0.3, 0.4) is 0 Å². The molecule has 0 aliphatic carbocycles. The van der Waals surface area contributed by atoms with Gasteiger partial charge in [0.15, 0.2) is 0 Å². The molecular weight excluding hydrogens is 243 g/mol. The van der Waals surface area contributed by atoms with Gasteiger partial charge < -0.3 is 10.0 Å². The molecule has 20 heavy (non-hydrogen) atoms. The van der Waals surface area contributed by atoms with E-state index in [9.17, 15) is 0 Å². The molecule has 0 unspecified atom stereocenters. The van der Waals surface area contributed by atoms with Gasteiger partial charge in [0.05, 0.1) is 5.54 Å². The average Bonchev–Trinajstić information content (AvgIpc) is 3.11. The first kappa shape index (κ1) is 12.2. The summed E-state index contributed by atoms with van der Waals surface area (Å²) in [6, 6.07) is 22.4. The van der Waals surface area contributed by atoms with Crippen molar-refractivity contribution in [2.45, 2.75) is 24.4 Å². The van der Waals surface area contributed by atoms with E-state index in [0.717, 1.165) is 7.55 Å². The minimum absolute atomic E-state index is 0.0426. The van der Waals surface area contributed by atoms with Crippen LogP contribution >= 0.6 is 0 Å². The maximum Gasteiger partial charge on any atom is 0.290 e. The highest BCUT2D eigenvalue weighted by atomic mass is 15.3. The van der Waals surface area contributed by atoms with E-state index in [1.807, 2.05) is 0 Å². The first-order chi connectivity index (χ1) is 9.91. The number of hydrogen-bond donors (Lipinski definition) is 1. The summed E-state index contributed by atoms with van der Waals surface area (Å²) >= 11 is 0. The van der Waals surface area contributed by atoms with E-state index in [0.29, 0.717) is 6.04 Å². The van der Waals surface area contributed by atoms with Gasteiger partial charge in [0.1, 0.15) is 0 Å². The third kappa shape index (κ3) is 1.67. The van der Waals surface area contributed by atoms with Crippen molar-refractivity contribution in [2.75, 3.05) is 6.54 Å². The molecule has 0 saturated carbocycles. The first-order valence-corrected chi connectivity index (χ1v) is 7.51. The normalized spacial score (nSPS) is 24.3. The van der Waals surface area contributed by atoms with Crippen LogP contribution < -0.4 is 5.23 Å². The molecule has 2 heterocycles. The molecule has 100 valence electrons. The predicted molar refractivity (Wildman–Crippen MR) is 83.7 cm³/mol. The van der Waals surface area contributed by atoms with Crippen LogP contribution in [0.25, 0.3) is 0 Å². The molecule has 2 nitrogen and oxygen atoms in total. The second-order valence-corrected chi connectivity index (χ2v) is 5.85. The van der Waals surface area contributed by atoms with Crippen LogP contribution in [-0.4, -0.2) is 24.9 Å². The monoisotopic (exact) mass is 262 g/mol. The fourth-order valence-electron chi connectivity index (χ4n) is 4.01. The van der Waals surface area contributed by atoms with E-state index in [2.05, 4.69) is 70.7 Å². The minimum Gasteiger partial charge on any atom is -0.331 e. The van der Waals surface area contributed by atoms with E-state index in [-0.39, 0.29) is 5.54 Å². The van der Waals surface area contributed by atoms with Crippen molar-refractivity contribution in [3.8, 4) is 0 Å². The molecule has 2 aromatic rings. The van der Waals surface area contributed by atoms with E-state index in [1.165, 1.54) is 30.5 Å². The summed E-state index contributed by atoms with van der Waals surface area (Å²) in [5.74, 6) is 0. The Bertz CT molecular complexity index is 545. The molecule has 2 aliphatic heterocycles. The van der Waals surface area contributed by atoms with Crippen LogP contribution in [-0.2, 0) is 5.54 Å². The third-order valence-electron chi connectivity index (χ3n) is 4.88. The molecule has 1 atom stereocenters. The number of benzene rings is 2. The zero-order valence-electron chi connectivity index (χ0n) is 11.6. The summed E-state index contributed by atoms with van der Waals surface area (Å²) in [5, 5.41) is 3.83. The average molecular weight is 262 g/mol. The Hall–Kier alpha value is -1.58. The Morgan fingerprint density at radius 1 is 0.950 bits per heavy atom. The molecule has 0 spiro atoms. The van der Waals surface area contributed by atoms with Gasteiger partial charge in [0, 0.05) is 6.04 Å². The molecular formula is C17H19BN2. The van der Waals surface area contributed by atoms with E-state index >= 15 is 0 Å². The number of nitrogens with zero attached hydrogens (tertiary/aromatic N) is 1. The van der Waals surface area contributed by atoms with E-state index < -0.39 is 0 Å². The lowest BCUT2D eigenvalue weighted by Gasteiger charge is -2.37. The third-order valence-corrected chi connectivity index (χ3v) is 4.88. The van der Waals surface area contributed by atoms with E-state index in [1.54, 1.807) is 0 Å². The maximum absolute atomic E-state index is 3.83. The molecule has 0 bridgehead atoms. The van der Waals surface area contributed by atoms with Gasteiger partial charge in [-0.05, 0) is 30.5 Å². The zero-order chi connectivity index (χ0) is 13.4. The summed E-state index contributed by atoms with van der Waals surface area (Å²) in [7, 11) is 0.994. The van der Waals surface area contributed by atoms with Crippen molar-refractivity contribution in [3.05, 3.63) is 71.8 Å². The summed E-state index contributed by atoms with van der Waals surface area (Å²) in [5.41, 5.74) is 2.74. The Morgan fingerprint density at radius 3 is 2.15 bits per heavy atom. The second-order valence-electron chi connectivity index (χ2n) is 5.85. The maximum atomic E-state index is 3.83. The molecule has 2 aliphatic rings. The lowest BCUT2D eigenvalue weighted by Crippen LogP contribution is -2.46. The fourth-order valence-corrected chi connectivity index (χ4v) is 4.01. The second kappa shape index (κ2) is 4.76. The smallest absolute Gasteiger partial charge is 0.290 e. The van der Waals surface area contributed by atoms with Gasteiger partial charge in [0.2, 0.25) is 0 Å². The summed E-state index contributed by atoms with van der Waals surface area (Å²) in [4.78, 5) is 2.60. The Morgan fingerprint density at radius 2 is 1.55 bits per heavy atom. The van der Waals surface area contributed by atoms with Crippen LogP contribution in [0.15, 0.2) is 60.7 Å². The largest absolute Gasteiger partial charge is 0.331 e. The minimum atomic E-state index is -0.0426. The molecule has 3 heteroatoms. The summed E-state index contributed by atoms with van der Waals surface area (Å²) in [6.45, 7) is 1.22. The number of fused-ring (bicyclic) bond motifs is 1. The molecule has 2 fully saturated rings. The van der Waals surface area contributed by atoms with Gasteiger partial charge in [-0.1, -0.05) is 60.7 Å². The van der Waals surface area contributed by atoms with Crippen LogP contribution in [0.5, 0.6) is 0 Å². The molecule has 2 saturated heterocycles. The zero-order valence-corrected chi connectivity index (χ0v) is 11.6. The van der Waals surface area contributed by atoms with Crippen molar-refractivity contribution in [2.24, 2.45) is 0 Å². The fraction of sp³-hybridized carbons (Fsp3) is 0.294. The molecule has 1 N–H and O–H groups in total. The van der Waals surface area contributed by atoms with Crippen LogP contribution in [0.4, 0.5) is 0 Å². The standard InChI is InChI=1S/C17H19BN2/c1-3-8-14(9-4-1)17(15-10-5-2-6-11-15)16-12-7-13-20(16)18-19-17/h1-6,8-11,16,18-19H,7,12-13H2/t16-/m0/s1. The predicted octanol–water partition coefficient (Wildman–Crippen LogP) is 2.26. The van der Waals surface area contributed by atoms with Crippen molar-refractivity contribution < 1.29 is 0 Å². The SMILES string of the molecule is B1NC(c2ccccc2)(c2ccccc2)[C@@H]2CCCN12. The van der Waals surface area contributed by atoms with Crippen molar-refractivity contribution >= 4 is 7.55 Å². The van der Waals surface area contributed by atoms with Crippen molar-refractivity contribution in [1.82, 2.24) is 10.0 Å². The van der Waals surface area contributed by atoms with Crippen molar-refractivity contribution in [1.29, 1.82) is 0 Å². The van der Waals surface area contributed by atoms with Crippen LogP contribution in [0, 0.1) is 0 Å². The van der Waals surface area contributed by atoms with Gasteiger partial charge in [-0.3, -0.25) is 0 Å². The Balaban J connectivity index is 1.90. The van der Waals surface area contributed by atoms with Crippen LogP contribution in [0.2, 0.25) is 0 Å². The van der Waals surface area contributed by atoms with Gasteiger partial charge in [-0.25, -0.2) is 0 Å². The van der Waals surface area contributed by atoms with E-state index in [4.69, 9.17) is 0 Å². The topological polar surface area (TPSA) is 15.3 Å². The van der Waals surface area contributed by atoms with Crippen LogP contribution in [0.1, 0.15) is 24.0 Å². The number of hydrogen-bond acceptors (Lipinski definition) is 2.